The normalized spacial score (nSPS) is 18.8. The topological polar surface area (TPSA) is 30.7 Å². The lowest BCUT2D eigenvalue weighted by Gasteiger charge is -2.03. The summed E-state index contributed by atoms with van der Waals surface area (Å²) in [7, 11) is 0. The van der Waals surface area contributed by atoms with Crippen LogP contribution in [0.1, 0.15) is 6.92 Å². The number of halogens is 1. The Morgan fingerprint density at radius 3 is 2.81 bits per heavy atom. The predicted octanol–water partition coefficient (Wildman–Crippen LogP) is 3.09. The maximum Gasteiger partial charge on any atom is 0.191 e. The Morgan fingerprint density at radius 2 is 2.06 bits per heavy atom. The number of benzene rings is 1. The van der Waals surface area contributed by atoms with E-state index < -0.39 is 0 Å². The summed E-state index contributed by atoms with van der Waals surface area (Å²) in [6.45, 7) is 3.18. The van der Waals surface area contributed by atoms with Crippen molar-refractivity contribution in [2.24, 2.45) is 0 Å². The van der Waals surface area contributed by atoms with Crippen LogP contribution in [0.25, 0.3) is 11.4 Å². The molecule has 2 aromatic rings. The van der Waals surface area contributed by atoms with Gasteiger partial charge >= 0.3 is 0 Å². The Kier molecular flexibility index (Phi) is 2.41. The number of rotatable bonds is 1. The second kappa shape index (κ2) is 3.79. The molecule has 1 aromatic carbocycles. The molecule has 0 amide bonds. The van der Waals surface area contributed by atoms with E-state index in [1.54, 1.807) is 11.8 Å². The van der Waals surface area contributed by atoms with Crippen LogP contribution in [0, 0.1) is 0 Å². The maximum absolute atomic E-state index is 5.87. The van der Waals surface area contributed by atoms with Gasteiger partial charge in [-0.2, -0.15) is 0 Å². The van der Waals surface area contributed by atoms with Crippen LogP contribution < -0.4 is 0 Å². The summed E-state index contributed by atoms with van der Waals surface area (Å²) in [6, 6.07) is 7.72. The first-order chi connectivity index (χ1) is 7.74. The van der Waals surface area contributed by atoms with Gasteiger partial charge in [0, 0.05) is 22.4 Å². The molecular formula is C11H10ClN3S. The highest BCUT2D eigenvalue weighted by Gasteiger charge is 2.24. The minimum absolute atomic E-state index is 0.580. The Labute approximate surface area is 103 Å². The summed E-state index contributed by atoms with van der Waals surface area (Å²) >= 11 is 7.64. The van der Waals surface area contributed by atoms with E-state index in [9.17, 15) is 0 Å². The van der Waals surface area contributed by atoms with Gasteiger partial charge in [0.2, 0.25) is 0 Å². The predicted molar refractivity (Wildman–Crippen MR) is 65.8 cm³/mol. The Morgan fingerprint density at radius 1 is 1.31 bits per heavy atom. The van der Waals surface area contributed by atoms with Crippen molar-refractivity contribution in [3.63, 3.8) is 0 Å². The van der Waals surface area contributed by atoms with E-state index in [0.717, 1.165) is 28.1 Å². The average Bonchev–Trinajstić information content (AvgIpc) is 2.78. The van der Waals surface area contributed by atoms with Crippen LogP contribution in [0.4, 0.5) is 0 Å². The molecule has 0 fully saturated rings. The van der Waals surface area contributed by atoms with Crippen molar-refractivity contribution < 1.29 is 0 Å². The molecule has 0 aliphatic carbocycles. The largest absolute Gasteiger partial charge is 0.301 e. The molecule has 1 atom stereocenters. The number of hydrogen-bond donors (Lipinski definition) is 0. The first-order valence-electron chi connectivity index (χ1n) is 5.10. The number of nitrogens with zero attached hydrogens (tertiary/aromatic N) is 3. The van der Waals surface area contributed by atoms with E-state index in [1.807, 2.05) is 24.3 Å². The molecule has 3 rings (SSSR count). The summed E-state index contributed by atoms with van der Waals surface area (Å²) in [6.07, 6.45) is 0. The summed E-state index contributed by atoms with van der Waals surface area (Å²) in [5.41, 5.74) is 1.07. The smallest absolute Gasteiger partial charge is 0.191 e. The number of fused-ring (bicyclic) bond motifs is 1. The number of thioether (sulfide) groups is 1. The SMILES string of the molecule is CC1Cn2c(nnc2-c2ccc(Cl)cc2)S1. The molecule has 16 heavy (non-hydrogen) atoms. The minimum Gasteiger partial charge on any atom is -0.301 e. The third kappa shape index (κ3) is 1.62. The monoisotopic (exact) mass is 251 g/mol. The van der Waals surface area contributed by atoms with Crippen molar-refractivity contribution in [1.82, 2.24) is 14.8 Å². The average molecular weight is 252 g/mol. The quantitative estimate of drug-likeness (QED) is 0.780. The minimum atomic E-state index is 0.580. The van der Waals surface area contributed by atoms with Crippen LogP contribution >= 0.6 is 23.4 Å². The third-order valence-electron chi connectivity index (χ3n) is 2.57. The lowest BCUT2D eigenvalue weighted by Crippen LogP contribution is -2.02. The first-order valence-corrected chi connectivity index (χ1v) is 6.35. The highest BCUT2D eigenvalue weighted by atomic mass is 35.5. The number of aromatic nitrogens is 3. The van der Waals surface area contributed by atoms with Crippen molar-refractivity contribution in [2.75, 3.05) is 0 Å². The van der Waals surface area contributed by atoms with Gasteiger partial charge in [0.1, 0.15) is 0 Å². The lowest BCUT2D eigenvalue weighted by molar-refractivity contribution is 0.675. The van der Waals surface area contributed by atoms with Crippen molar-refractivity contribution in [1.29, 1.82) is 0 Å². The summed E-state index contributed by atoms with van der Waals surface area (Å²) in [4.78, 5) is 0. The number of hydrogen-bond acceptors (Lipinski definition) is 3. The van der Waals surface area contributed by atoms with Crippen molar-refractivity contribution >= 4 is 23.4 Å². The first kappa shape index (κ1) is 10.2. The Hall–Kier alpha value is -1.000. The maximum atomic E-state index is 5.87. The van der Waals surface area contributed by atoms with Crippen LogP contribution in [-0.2, 0) is 6.54 Å². The van der Waals surface area contributed by atoms with Crippen LogP contribution in [0.2, 0.25) is 5.02 Å². The molecule has 5 heteroatoms. The van der Waals surface area contributed by atoms with Gasteiger partial charge < -0.3 is 4.57 Å². The molecular weight excluding hydrogens is 242 g/mol. The fraction of sp³-hybridized carbons (Fsp3) is 0.273. The van der Waals surface area contributed by atoms with Gasteiger partial charge in [-0.3, -0.25) is 0 Å². The molecule has 3 nitrogen and oxygen atoms in total. The lowest BCUT2D eigenvalue weighted by atomic mass is 10.2. The van der Waals surface area contributed by atoms with E-state index >= 15 is 0 Å². The van der Waals surface area contributed by atoms with E-state index in [0.29, 0.717) is 5.25 Å². The van der Waals surface area contributed by atoms with E-state index in [2.05, 4.69) is 21.7 Å². The van der Waals surface area contributed by atoms with E-state index in [-0.39, 0.29) is 0 Å². The molecule has 0 saturated heterocycles. The summed E-state index contributed by atoms with van der Waals surface area (Å²) < 4.78 is 2.17. The van der Waals surface area contributed by atoms with Crippen molar-refractivity contribution in [3.05, 3.63) is 29.3 Å². The van der Waals surface area contributed by atoms with Crippen molar-refractivity contribution in [2.45, 2.75) is 23.9 Å². The summed E-state index contributed by atoms with van der Waals surface area (Å²) in [5.74, 6) is 0.934. The zero-order valence-corrected chi connectivity index (χ0v) is 10.3. The van der Waals surface area contributed by atoms with Gasteiger partial charge in [0.05, 0.1) is 0 Å². The fourth-order valence-corrected chi connectivity index (χ4v) is 2.91. The van der Waals surface area contributed by atoms with Gasteiger partial charge in [-0.05, 0) is 24.3 Å². The molecule has 0 bridgehead atoms. The molecule has 1 aliphatic rings. The molecule has 0 saturated carbocycles. The van der Waals surface area contributed by atoms with Crippen molar-refractivity contribution in [3.8, 4) is 11.4 Å². The Balaban J connectivity index is 2.05. The molecule has 0 spiro atoms. The molecule has 2 heterocycles. The zero-order valence-electron chi connectivity index (χ0n) is 8.72. The second-order valence-electron chi connectivity index (χ2n) is 3.85. The molecule has 82 valence electrons. The summed E-state index contributed by atoms with van der Waals surface area (Å²) in [5, 5.41) is 10.7. The van der Waals surface area contributed by atoms with Gasteiger partial charge in [0.15, 0.2) is 11.0 Å². The highest BCUT2D eigenvalue weighted by Crippen LogP contribution is 2.34. The standard InChI is InChI=1S/C11H10ClN3S/c1-7-6-15-10(13-14-11(15)16-7)8-2-4-9(12)5-3-8/h2-5,7H,6H2,1H3. The van der Waals surface area contributed by atoms with Gasteiger partial charge in [0.25, 0.3) is 0 Å². The van der Waals surface area contributed by atoms with Crippen LogP contribution in [0.5, 0.6) is 0 Å². The molecule has 0 N–H and O–H groups in total. The zero-order chi connectivity index (χ0) is 11.1. The molecule has 1 aliphatic heterocycles. The van der Waals surface area contributed by atoms with Gasteiger partial charge in [-0.25, -0.2) is 0 Å². The van der Waals surface area contributed by atoms with Gasteiger partial charge in [-0.15, -0.1) is 10.2 Å². The van der Waals surface area contributed by atoms with E-state index in [4.69, 9.17) is 11.6 Å². The highest BCUT2D eigenvalue weighted by molar-refractivity contribution is 7.99. The third-order valence-corrected chi connectivity index (χ3v) is 3.88. The van der Waals surface area contributed by atoms with Crippen LogP contribution in [-0.4, -0.2) is 20.0 Å². The molecule has 0 radical (unpaired) electrons. The van der Waals surface area contributed by atoms with Crippen LogP contribution in [0.3, 0.4) is 0 Å². The second-order valence-corrected chi connectivity index (χ2v) is 5.69. The fourth-order valence-electron chi connectivity index (χ4n) is 1.83. The molecule has 1 unspecified atom stereocenters. The van der Waals surface area contributed by atoms with Crippen LogP contribution in [0.15, 0.2) is 29.4 Å². The van der Waals surface area contributed by atoms with Gasteiger partial charge in [-0.1, -0.05) is 30.3 Å². The molecule has 1 aromatic heterocycles. The Bertz CT molecular complexity index is 521. The van der Waals surface area contributed by atoms with E-state index in [1.165, 1.54) is 0 Å².